The second kappa shape index (κ2) is 9.72. The van der Waals surface area contributed by atoms with Gasteiger partial charge in [0.1, 0.15) is 5.82 Å². The standard InChI is InChI=1S/C29H38FN4O3P/c1-16(19-5-4-6-20(17(2)38)26(19)30)31-28(36)23-14-34(29(18-7-8-18)9-10-37-15-29)25(35)11-24(23)32-27-21-12-33(3)13-22(21)27/h4-6,11,14,16-18,21-22,27,32H,7-10,12-13,15,38H2,1-3H3,(H,31,36)/t16-,17?,21-,22?,27+,29?/m1/s1. The van der Waals surface area contributed by atoms with Gasteiger partial charge in [0.15, 0.2) is 0 Å². The lowest BCUT2D eigenvalue weighted by molar-refractivity contribution is 0.0937. The average Bonchev–Trinajstić information content (AvgIpc) is 3.72. The van der Waals surface area contributed by atoms with Gasteiger partial charge >= 0.3 is 0 Å². The Morgan fingerprint density at radius 2 is 1.92 bits per heavy atom. The third-order valence-corrected chi connectivity index (χ3v) is 9.57. The van der Waals surface area contributed by atoms with Crippen LogP contribution in [0.2, 0.25) is 0 Å². The maximum absolute atomic E-state index is 15.3. The predicted octanol–water partition coefficient (Wildman–Crippen LogP) is 3.91. The Morgan fingerprint density at radius 1 is 1.21 bits per heavy atom. The van der Waals surface area contributed by atoms with Crippen molar-refractivity contribution in [2.45, 2.75) is 56.4 Å². The molecule has 204 valence electrons. The Kier molecular flexibility index (Phi) is 6.64. The highest BCUT2D eigenvalue weighted by Gasteiger charge is 2.55. The molecule has 4 fully saturated rings. The largest absolute Gasteiger partial charge is 0.381 e. The lowest BCUT2D eigenvalue weighted by Crippen LogP contribution is -2.44. The minimum atomic E-state index is -0.541. The van der Waals surface area contributed by atoms with Crippen molar-refractivity contribution in [1.82, 2.24) is 14.8 Å². The Morgan fingerprint density at radius 3 is 2.55 bits per heavy atom. The van der Waals surface area contributed by atoms with Gasteiger partial charge < -0.3 is 24.8 Å². The van der Waals surface area contributed by atoms with Crippen LogP contribution in [0, 0.1) is 23.6 Å². The summed E-state index contributed by atoms with van der Waals surface area (Å²) in [4.78, 5) is 29.6. The molecule has 2 saturated heterocycles. The second-order valence-corrected chi connectivity index (χ2v) is 12.9. The van der Waals surface area contributed by atoms with Crippen molar-refractivity contribution in [2.24, 2.45) is 17.8 Å². The van der Waals surface area contributed by atoms with Gasteiger partial charge in [-0.25, -0.2) is 4.39 Å². The summed E-state index contributed by atoms with van der Waals surface area (Å²) in [6, 6.07) is 6.63. The fourth-order valence-electron chi connectivity index (χ4n) is 6.82. The summed E-state index contributed by atoms with van der Waals surface area (Å²) in [5.74, 6) is 0.843. The van der Waals surface area contributed by atoms with E-state index < -0.39 is 11.6 Å². The van der Waals surface area contributed by atoms with E-state index in [0.717, 1.165) is 32.4 Å². The van der Waals surface area contributed by atoms with Crippen molar-refractivity contribution in [3.8, 4) is 0 Å². The quantitative estimate of drug-likeness (QED) is 0.497. The first-order valence-corrected chi connectivity index (χ1v) is 14.5. The van der Waals surface area contributed by atoms with Gasteiger partial charge in [-0.3, -0.25) is 9.59 Å². The van der Waals surface area contributed by atoms with E-state index in [0.29, 0.717) is 53.3 Å². The van der Waals surface area contributed by atoms with Gasteiger partial charge in [-0.1, -0.05) is 25.1 Å². The first-order valence-electron chi connectivity index (χ1n) is 13.8. The molecule has 2 aliphatic carbocycles. The number of rotatable bonds is 8. The molecule has 2 aliphatic heterocycles. The Hall–Kier alpha value is -2.28. The van der Waals surface area contributed by atoms with Crippen LogP contribution in [-0.4, -0.2) is 54.8 Å². The van der Waals surface area contributed by atoms with E-state index >= 15 is 4.39 Å². The van der Waals surface area contributed by atoms with Crippen LogP contribution in [0.25, 0.3) is 0 Å². The normalized spacial score (nSPS) is 30.1. The molecule has 0 radical (unpaired) electrons. The number of carbonyl (C=O) groups is 1. The van der Waals surface area contributed by atoms with Gasteiger partial charge in [-0.2, -0.15) is 0 Å². The maximum Gasteiger partial charge on any atom is 0.255 e. The molecule has 2 aromatic rings. The molecule has 1 amide bonds. The van der Waals surface area contributed by atoms with Crippen molar-refractivity contribution in [2.75, 3.05) is 38.7 Å². The van der Waals surface area contributed by atoms with Crippen LogP contribution >= 0.6 is 9.24 Å². The summed E-state index contributed by atoms with van der Waals surface area (Å²) in [6.07, 6.45) is 4.64. The Labute approximate surface area is 225 Å². The van der Waals surface area contributed by atoms with Crippen molar-refractivity contribution in [3.63, 3.8) is 0 Å². The molecule has 6 rings (SSSR count). The number of amides is 1. The molecule has 4 aliphatic rings. The molecule has 2 N–H and O–H groups in total. The summed E-state index contributed by atoms with van der Waals surface area (Å²) >= 11 is 0. The lowest BCUT2D eigenvalue weighted by atomic mass is 9.91. The van der Waals surface area contributed by atoms with E-state index in [9.17, 15) is 9.59 Å². The number of nitrogens with one attached hydrogen (secondary N) is 2. The smallest absolute Gasteiger partial charge is 0.255 e. The highest BCUT2D eigenvalue weighted by molar-refractivity contribution is 7.17. The molecule has 7 nitrogen and oxygen atoms in total. The molecule has 7 atom stereocenters. The first-order chi connectivity index (χ1) is 18.2. The highest BCUT2D eigenvalue weighted by atomic mass is 31.0. The number of likely N-dealkylation sites (tertiary alicyclic amines) is 1. The minimum Gasteiger partial charge on any atom is -0.381 e. The van der Waals surface area contributed by atoms with Crippen LogP contribution in [0.4, 0.5) is 10.1 Å². The zero-order valence-corrected chi connectivity index (χ0v) is 23.5. The van der Waals surface area contributed by atoms with E-state index in [1.807, 2.05) is 13.0 Å². The fraction of sp³-hybridized carbons (Fsp3) is 0.586. The monoisotopic (exact) mass is 540 g/mol. The number of piperidine rings is 1. The molecule has 9 heteroatoms. The summed E-state index contributed by atoms with van der Waals surface area (Å²) in [5, 5.41) is 6.57. The van der Waals surface area contributed by atoms with Crippen LogP contribution in [0.5, 0.6) is 0 Å². The number of hydrogen-bond acceptors (Lipinski definition) is 5. The molecular weight excluding hydrogens is 502 g/mol. The first kappa shape index (κ1) is 26.0. The number of fused-ring (bicyclic) bond motifs is 1. The average molecular weight is 541 g/mol. The number of halogens is 1. The summed E-state index contributed by atoms with van der Waals surface area (Å²) in [6.45, 7) is 6.86. The van der Waals surface area contributed by atoms with Crippen molar-refractivity contribution < 1.29 is 13.9 Å². The van der Waals surface area contributed by atoms with E-state index in [4.69, 9.17) is 4.74 Å². The number of ether oxygens (including phenoxy) is 1. The van der Waals surface area contributed by atoms with Crippen LogP contribution in [0.3, 0.4) is 0 Å². The predicted molar refractivity (Wildman–Crippen MR) is 149 cm³/mol. The zero-order valence-electron chi connectivity index (χ0n) is 22.4. The number of pyridine rings is 1. The molecule has 4 unspecified atom stereocenters. The number of nitrogens with zero attached hydrogens (tertiary/aromatic N) is 2. The zero-order chi connectivity index (χ0) is 26.8. The van der Waals surface area contributed by atoms with Crippen LogP contribution in [0.1, 0.15) is 66.3 Å². The van der Waals surface area contributed by atoms with Gasteiger partial charge in [0.2, 0.25) is 0 Å². The molecule has 38 heavy (non-hydrogen) atoms. The summed E-state index contributed by atoms with van der Waals surface area (Å²) < 4.78 is 22.8. The highest BCUT2D eigenvalue weighted by Crippen LogP contribution is 2.49. The second-order valence-electron chi connectivity index (χ2n) is 11.9. The van der Waals surface area contributed by atoms with Crippen LogP contribution in [-0.2, 0) is 10.3 Å². The lowest BCUT2D eigenvalue weighted by Gasteiger charge is -2.31. The van der Waals surface area contributed by atoms with Crippen LogP contribution < -0.4 is 16.2 Å². The SMILES string of the molecule is CC(P)c1cccc([C@@H](C)NC(=O)c2cn(C3(C4CC4)CCOC3)c(=O)cc2N[C@@H]2C3CN(C)C[C@H]32)c1F. The third-order valence-electron chi connectivity index (χ3n) is 9.21. The molecule has 1 aromatic carbocycles. The molecular formula is C29H38FN4O3P. The summed E-state index contributed by atoms with van der Waals surface area (Å²) in [5.41, 5.74) is 1.50. The molecule has 0 bridgehead atoms. The number of aromatic nitrogens is 1. The van der Waals surface area contributed by atoms with E-state index in [2.05, 4.69) is 31.8 Å². The molecule has 3 heterocycles. The molecule has 1 aromatic heterocycles. The van der Waals surface area contributed by atoms with Crippen LogP contribution in [0.15, 0.2) is 35.3 Å². The molecule has 2 saturated carbocycles. The van der Waals surface area contributed by atoms with Gasteiger partial charge in [0.25, 0.3) is 11.5 Å². The maximum atomic E-state index is 15.3. The number of carbonyl (C=O) groups excluding carboxylic acids is 1. The topological polar surface area (TPSA) is 75.6 Å². The van der Waals surface area contributed by atoms with E-state index in [1.165, 1.54) is 0 Å². The van der Waals surface area contributed by atoms with E-state index in [1.54, 1.807) is 35.9 Å². The van der Waals surface area contributed by atoms with Crippen molar-refractivity contribution >= 4 is 20.8 Å². The van der Waals surface area contributed by atoms with Crippen molar-refractivity contribution in [3.05, 3.63) is 63.3 Å². The van der Waals surface area contributed by atoms with E-state index in [-0.39, 0.29) is 29.0 Å². The van der Waals surface area contributed by atoms with Crippen molar-refractivity contribution in [1.29, 1.82) is 0 Å². The number of benzene rings is 1. The number of anilines is 1. The summed E-state index contributed by atoms with van der Waals surface area (Å²) in [7, 11) is 4.75. The third kappa shape index (κ3) is 4.48. The van der Waals surface area contributed by atoms with Gasteiger partial charge in [-0.05, 0) is 62.2 Å². The molecule has 0 spiro atoms. The minimum absolute atomic E-state index is 0.0403. The Bertz CT molecular complexity index is 1290. The fourth-order valence-corrected chi connectivity index (χ4v) is 7.08. The van der Waals surface area contributed by atoms with Gasteiger partial charge in [-0.15, -0.1) is 9.24 Å². The Balaban J connectivity index is 1.33. The van der Waals surface area contributed by atoms with Gasteiger partial charge in [0, 0.05) is 43.6 Å². The van der Waals surface area contributed by atoms with Gasteiger partial charge in [0.05, 0.1) is 29.4 Å². The number of hydrogen-bond donors (Lipinski definition) is 2.